The van der Waals surface area contributed by atoms with Gasteiger partial charge in [0, 0.05) is 30.4 Å². The van der Waals surface area contributed by atoms with E-state index >= 15 is 0 Å². The summed E-state index contributed by atoms with van der Waals surface area (Å²) in [6, 6.07) is 3.87. The number of carbonyl (C=O) groups excluding carboxylic acids is 1. The van der Waals surface area contributed by atoms with Crippen molar-refractivity contribution in [3.8, 4) is 17.0 Å². The number of urea groups is 1. The lowest BCUT2D eigenvalue weighted by Gasteiger charge is -2.19. The third-order valence-corrected chi connectivity index (χ3v) is 4.99. The van der Waals surface area contributed by atoms with Gasteiger partial charge in [-0.1, -0.05) is 24.4 Å². The normalized spacial score (nSPS) is 14.7. The largest absolute Gasteiger partial charge is 0.461 e. The van der Waals surface area contributed by atoms with Crippen molar-refractivity contribution in [2.45, 2.75) is 50.8 Å². The number of nitrogens with one attached hydrogen (secondary N) is 2. The molecule has 0 bridgehead atoms. The summed E-state index contributed by atoms with van der Waals surface area (Å²) in [7, 11) is 0. The number of ether oxygens (including phenoxy) is 1. The molecule has 1 aromatic carbocycles. The van der Waals surface area contributed by atoms with Gasteiger partial charge in [0.25, 0.3) is 0 Å². The monoisotopic (exact) mass is 463 g/mol. The van der Waals surface area contributed by atoms with Gasteiger partial charge in [-0.25, -0.2) is 9.18 Å². The molecule has 0 unspecified atom stereocenters. The maximum absolute atomic E-state index is 14.8. The van der Waals surface area contributed by atoms with Gasteiger partial charge in [0.1, 0.15) is 11.6 Å². The van der Waals surface area contributed by atoms with Crippen LogP contribution in [-0.2, 0) is 6.54 Å². The van der Waals surface area contributed by atoms with Crippen LogP contribution in [0.2, 0.25) is 5.02 Å². The van der Waals surface area contributed by atoms with E-state index in [9.17, 15) is 26.7 Å². The number of halogens is 6. The van der Waals surface area contributed by atoms with Crippen molar-refractivity contribution >= 4 is 17.6 Å². The van der Waals surface area contributed by atoms with Crippen molar-refractivity contribution in [2.24, 2.45) is 0 Å². The summed E-state index contributed by atoms with van der Waals surface area (Å²) in [6.45, 7) is -0.285. The molecule has 0 saturated heterocycles. The van der Waals surface area contributed by atoms with Crippen LogP contribution in [0, 0.1) is 5.82 Å². The summed E-state index contributed by atoms with van der Waals surface area (Å²) in [6.07, 6.45) is -3.97. The molecule has 11 heteroatoms. The molecule has 2 aromatic rings. The molecule has 3 rings (SSSR count). The van der Waals surface area contributed by atoms with Crippen LogP contribution < -0.4 is 15.4 Å². The van der Waals surface area contributed by atoms with Crippen LogP contribution >= 0.6 is 11.6 Å². The molecule has 1 saturated carbocycles. The topological polar surface area (TPSA) is 63.2 Å². The van der Waals surface area contributed by atoms with Gasteiger partial charge >= 0.3 is 18.6 Å². The number of aromatic nitrogens is 1. The Kier molecular flexibility index (Phi) is 7.19. The highest BCUT2D eigenvalue weighted by molar-refractivity contribution is 6.30. The Hall–Kier alpha value is -2.62. The Labute approximate surface area is 179 Å². The second-order valence-electron chi connectivity index (χ2n) is 7.07. The van der Waals surface area contributed by atoms with Crippen LogP contribution in [0.1, 0.15) is 31.2 Å². The lowest BCUT2D eigenvalue weighted by molar-refractivity contribution is -0.253. The molecule has 2 N–H and O–H groups in total. The first kappa shape index (κ1) is 23.1. The SMILES string of the molecule is O=C(NCc1cc(OC(F)(F)C(F)F)cc(F)c1-c1ccc(Cl)cn1)NC1CCCC1. The summed E-state index contributed by atoms with van der Waals surface area (Å²) < 4.78 is 70.4. The third kappa shape index (κ3) is 5.96. The van der Waals surface area contributed by atoms with Gasteiger partial charge in [0.05, 0.1) is 10.7 Å². The number of amides is 2. The molecule has 5 nitrogen and oxygen atoms in total. The minimum atomic E-state index is -4.81. The first-order valence-corrected chi connectivity index (χ1v) is 9.87. The first-order chi connectivity index (χ1) is 14.7. The van der Waals surface area contributed by atoms with Gasteiger partial charge in [-0.2, -0.15) is 17.6 Å². The molecule has 1 aliphatic carbocycles. The fraction of sp³-hybridized carbons (Fsp3) is 0.400. The average molecular weight is 464 g/mol. The molecule has 0 radical (unpaired) electrons. The van der Waals surface area contributed by atoms with E-state index in [4.69, 9.17) is 11.6 Å². The van der Waals surface area contributed by atoms with Gasteiger partial charge in [-0.3, -0.25) is 4.98 Å². The number of alkyl halides is 4. The van der Waals surface area contributed by atoms with Gasteiger partial charge < -0.3 is 15.4 Å². The molecule has 0 atom stereocenters. The zero-order valence-electron chi connectivity index (χ0n) is 16.1. The number of rotatable bonds is 7. The summed E-state index contributed by atoms with van der Waals surface area (Å²) in [5.41, 5.74) is 0.0177. The standard InChI is InChI=1S/C20H19ClF5N3O2/c21-12-5-6-16(27-10-12)17-11(9-28-19(30)29-13-3-1-2-4-13)7-14(8-15(17)22)31-20(25,26)18(23)24/h5-8,10,13,18H,1-4,9H2,(H2,28,29,30). The van der Waals surface area contributed by atoms with Crippen LogP contribution in [0.4, 0.5) is 26.7 Å². The fourth-order valence-electron chi connectivity index (χ4n) is 3.33. The average Bonchev–Trinajstić information content (AvgIpc) is 3.19. The Balaban J connectivity index is 1.88. The highest BCUT2D eigenvalue weighted by Gasteiger charge is 2.44. The van der Waals surface area contributed by atoms with Crippen molar-refractivity contribution in [3.05, 3.63) is 46.9 Å². The molecule has 1 aromatic heterocycles. The maximum atomic E-state index is 14.8. The number of nitrogens with zero attached hydrogens (tertiary/aromatic N) is 1. The van der Waals surface area contributed by atoms with Crippen molar-refractivity contribution in [1.29, 1.82) is 0 Å². The summed E-state index contributed by atoms with van der Waals surface area (Å²) in [4.78, 5) is 16.2. The number of hydrogen-bond donors (Lipinski definition) is 2. The summed E-state index contributed by atoms with van der Waals surface area (Å²) >= 11 is 5.79. The Morgan fingerprint density at radius 1 is 1.26 bits per heavy atom. The molecule has 0 aliphatic heterocycles. The predicted molar refractivity (Wildman–Crippen MR) is 104 cm³/mol. The van der Waals surface area contributed by atoms with E-state index in [1.54, 1.807) is 0 Å². The lowest BCUT2D eigenvalue weighted by atomic mass is 10.0. The maximum Gasteiger partial charge on any atom is 0.461 e. The van der Waals surface area contributed by atoms with E-state index < -0.39 is 30.1 Å². The van der Waals surface area contributed by atoms with Gasteiger partial charge in [0.15, 0.2) is 0 Å². The number of hydrogen-bond acceptors (Lipinski definition) is 3. The molecule has 31 heavy (non-hydrogen) atoms. The highest BCUT2D eigenvalue weighted by atomic mass is 35.5. The summed E-state index contributed by atoms with van der Waals surface area (Å²) in [5.74, 6) is -1.85. The number of pyridine rings is 1. The number of carbonyl (C=O) groups is 1. The minimum absolute atomic E-state index is 0.0106. The van der Waals surface area contributed by atoms with Crippen LogP contribution in [0.5, 0.6) is 5.75 Å². The van der Waals surface area contributed by atoms with E-state index in [-0.39, 0.29) is 34.4 Å². The van der Waals surface area contributed by atoms with Crippen molar-refractivity contribution in [3.63, 3.8) is 0 Å². The van der Waals surface area contributed by atoms with Crippen LogP contribution in [0.15, 0.2) is 30.5 Å². The minimum Gasteiger partial charge on any atom is -0.428 e. The fourth-order valence-corrected chi connectivity index (χ4v) is 3.44. The Morgan fingerprint density at radius 2 is 1.97 bits per heavy atom. The lowest BCUT2D eigenvalue weighted by Crippen LogP contribution is -2.40. The molecule has 1 heterocycles. The molecule has 168 valence electrons. The van der Waals surface area contributed by atoms with Gasteiger partial charge in [-0.05, 0) is 36.6 Å². The molecule has 1 aliphatic rings. The second kappa shape index (κ2) is 9.67. The molecular formula is C20H19ClF5N3O2. The van der Waals surface area contributed by atoms with Crippen molar-refractivity contribution in [1.82, 2.24) is 15.6 Å². The molecule has 1 fully saturated rings. The molecule has 0 spiro atoms. The van der Waals surface area contributed by atoms with Crippen LogP contribution in [0.3, 0.4) is 0 Å². The van der Waals surface area contributed by atoms with Crippen LogP contribution in [0.25, 0.3) is 11.3 Å². The van der Waals surface area contributed by atoms with Crippen molar-refractivity contribution in [2.75, 3.05) is 0 Å². The Morgan fingerprint density at radius 3 is 2.58 bits per heavy atom. The highest BCUT2D eigenvalue weighted by Crippen LogP contribution is 2.34. The first-order valence-electron chi connectivity index (χ1n) is 9.49. The van der Waals surface area contributed by atoms with Crippen LogP contribution in [-0.4, -0.2) is 29.6 Å². The van der Waals surface area contributed by atoms with E-state index in [1.165, 1.54) is 18.3 Å². The zero-order valence-corrected chi connectivity index (χ0v) is 16.9. The summed E-state index contributed by atoms with van der Waals surface area (Å²) in [5, 5.41) is 5.58. The molecular weight excluding hydrogens is 445 g/mol. The zero-order chi connectivity index (χ0) is 22.6. The van der Waals surface area contributed by atoms with E-state index in [0.29, 0.717) is 6.07 Å². The molecule has 2 amide bonds. The van der Waals surface area contributed by atoms with Crippen molar-refractivity contribution < 1.29 is 31.5 Å². The Bertz CT molecular complexity index is 922. The van der Waals surface area contributed by atoms with E-state index in [2.05, 4.69) is 20.4 Å². The van der Waals surface area contributed by atoms with Gasteiger partial charge in [0.2, 0.25) is 0 Å². The van der Waals surface area contributed by atoms with E-state index in [0.717, 1.165) is 31.7 Å². The van der Waals surface area contributed by atoms with Gasteiger partial charge in [-0.15, -0.1) is 0 Å². The predicted octanol–water partition coefficient (Wildman–Crippen LogP) is 5.52. The number of benzene rings is 1. The van der Waals surface area contributed by atoms with E-state index in [1.807, 2.05) is 0 Å². The quantitative estimate of drug-likeness (QED) is 0.531. The third-order valence-electron chi connectivity index (χ3n) is 4.77. The second-order valence-corrected chi connectivity index (χ2v) is 7.51. The smallest absolute Gasteiger partial charge is 0.428 e.